The summed E-state index contributed by atoms with van der Waals surface area (Å²) < 4.78 is 5.77. The van der Waals surface area contributed by atoms with Crippen LogP contribution in [-0.2, 0) is 9.53 Å². The zero-order valence-corrected chi connectivity index (χ0v) is 17.9. The van der Waals surface area contributed by atoms with Crippen LogP contribution in [0.3, 0.4) is 0 Å². The number of Topliss-reactive ketones (excluding diaryl/α,β-unsaturated/α-hetero) is 1. The summed E-state index contributed by atoms with van der Waals surface area (Å²) in [6, 6.07) is 0. The summed E-state index contributed by atoms with van der Waals surface area (Å²) in [6.07, 6.45) is -3.29. The van der Waals surface area contributed by atoms with Gasteiger partial charge in [-0.2, -0.15) is 0 Å². The monoisotopic (exact) mass is 388 g/mol. The van der Waals surface area contributed by atoms with Crippen molar-refractivity contribution in [3.63, 3.8) is 0 Å². The van der Waals surface area contributed by atoms with Gasteiger partial charge in [-0.3, -0.25) is 4.79 Å². The van der Waals surface area contributed by atoms with Gasteiger partial charge in [0.2, 0.25) is 0 Å². The van der Waals surface area contributed by atoms with E-state index in [1.165, 1.54) is 0 Å². The van der Waals surface area contributed by atoms with Crippen LogP contribution in [0, 0.1) is 35.5 Å². The largest absolute Gasteiger partial charge is 0.392 e. The van der Waals surface area contributed by atoms with Crippen LogP contribution in [0.5, 0.6) is 0 Å². The van der Waals surface area contributed by atoms with E-state index in [1.54, 1.807) is 20.8 Å². The van der Waals surface area contributed by atoms with Gasteiger partial charge < -0.3 is 25.2 Å². The number of ketones is 1. The lowest BCUT2D eigenvalue weighted by atomic mass is 9.77. The fourth-order valence-corrected chi connectivity index (χ4v) is 4.37. The lowest BCUT2D eigenvalue weighted by Crippen LogP contribution is -2.46. The molecular formula is C21H40O6. The minimum atomic E-state index is -1.22. The van der Waals surface area contributed by atoms with Gasteiger partial charge in [0, 0.05) is 29.6 Å². The molecule has 0 aliphatic carbocycles. The molecule has 1 aliphatic rings. The van der Waals surface area contributed by atoms with Gasteiger partial charge in [-0.25, -0.2) is 0 Å². The van der Waals surface area contributed by atoms with E-state index < -0.39 is 48.5 Å². The Morgan fingerprint density at radius 2 is 1.41 bits per heavy atom. The van der Waals surface area contributed by atoms with Crippen molar-refractivity contribution in [2.24, 2.45) is 35.5 Å². The molecule has 27 heavy (non-hydrogen) atoms. The Kier molecular flexibility index (Phi) is 9.35. The van der Waals surface area contributed by atoms with Crippen molar-refractivity contribution in [1.82, 2.24) is 0 Å². The summed E-state index contributed by atoms with van der Waals surface area (Å²) >= 11 is 0. The summed E-state index contributed by atoms with van der Waals surface area (Å²) in [5, 5.41) is 42.5. The van der Waals surface area contributed by atoms with Gasteiger partial charge in [-0.05, 0) is 18.8 Å². The Morgan fingerprint density at radius 3 is 1.93 bits per heavy atom. The summed E-state index contributed by atoms with van der Waals surface area (Å²) in [5.74, 6) is -2.52. The van der Waals surface area contributed by atoms with Crippen LogP contribution in [0.1, 0.15) is 61.3 Å². The van der Waals surface area contributed by atoms with Crippen LogP contribution in [0.4, 0.5) is 0 Å². The number of aliphatic hydroxyl groups is 4. The highest BCUT2D eigenvalue weighted by atomic mass is 16.6. The van der Waals surface area contributed by atoms with Crippen LogP contribution >= 0.6 is 0 Å². The number of ether oxygens (including phenoxy) is 1. The predicted octanol–water partition coefficient (Wildman–Crippen LogP) is 1.97. The van der Waals surface area contributed by atoms with E-state index in [0.29, 0.717) is 12.8 Å². The molecule has 11 atom stereocenters. The van der Waals surface area contributed by atoms with Gasteiger partial charge in [0.05, 0.1) is 24.4 Å². The number of rotatable bonds is 1. The second-order valence-corrected chi connectivity index (χ2v) is 8.83. The standard InChI is InChI=1S/C21H40O6/c1-8-16-12(4)19(24)13(5)17(22)10(2)9-11(3)18(23)14(6)20(25)15(7)21(26)27-16/h10-16,18-21,23-26H,8-9H2,1-7H3/t10-,11+,12+,13+,14-,15-,16-,18+,19+,20+,21-/m1/s1. The SMILES string of the molecule is CC[C@H]1O[C@@H](O)[C@H](C)[C@@H](O)[C@H](C)[C@@H](O)[C@@H](C)C[C@@H](C)C(=O)[C@H](C)[C@@H](O)[C@H]1C. The topological polar surface area (TPSA) is 107 Å². The first-order chi connectivity index (χ1) is 12.4. The number of carbonyl (C=O) groups excluding carboxylic acids is 1. The van der Waals surface area contributed by atoms with Crippen LogP contribution in [0.25, 0.3) is 0 Å². The Labute approximate surface area is 163 Å². The average Bonchev–Trinajstić information content (AvgIpc) is 2.66. The minimum absolute atomic E-state index is 0.0394. The fraction of sp³-hybridized carbons (Fsp3) is 0.952. The summed E-state index contributed by atoms with van der Waals surface area (Å²) in [4.78, 5) is 12.8. The smallest absolute Gasteiger partial charge is 0.159 e. The number of hydrogen-bond acceptors (Lipinski definition) is 6. The molecule has 0 amide bonds. The van der Waals surface area contributed by atoms with E-state index in [-0.39, 0.29) is 23.5 Å². The van der Waals surface area contributed by atoms with Gasteiger partial charge in [-0.15, -0.1) is 0 Å². The molecule has 0 aromatic heterocycles. The molecule has 0 saturated carbocycles. The van der Waals surface area contributed by atoms with Crippen molar-refractivity contribution in [2.45, 2.75) is 92.0 Å². The molecule has 4 N–H and O–H groups in total. The van der Waals surface area contributed by atoms with Crippen LogP contribution in [0.2, 0.25) is 0 Å². The molecular weight excluding hydrogens is 348 g/mol. The molecule has 160 valence electrons. The van der Waals surface area contributed by atoms with E-state index in [4.69, 9.17) is 4.74 Å². The quantitative estimate of drug-likeness (QED) is 0.547. The molecule has 1 fully saturated rings. The van der Waals surface area contributed by atoms with Crippen molar-refractivity contribution >= 4 is 5.78 Å². The summed E-state index contributed by atoms with van der Waals surface area (Å²) in [7, 11) is 0. The predicted molar refractivity (Wildman–Crippen MR) is 104 cm³/mol. The fourth-order valence-electron chi connectivity index (χ4n) is 4.37. The molecule has 6 heteroatoms. The highest BCUT2D eigenvalue weighted by molar-refractivity contribution is 5.83. The van der Waals surface area contributed by atoms with Gasteiger partial charge in [0.1, 0.15) is 5.78 Å². The first kappa shape index (κ1) is 24.5. The van der Waals surface area contributed by atoms with E-state index >= 15 is 0 Å². The molecule has 1 aliphatic heterocycles. The molecule has 1 saturated heterocycles. The van der Waals surface area contributed by atoms with Crippen molar-refractivity contribution in [3.05, 3.63) is 0 Å². The molecule has 0 aromatic rings. The Bertz CT molecular complexity index is 470. The molecule has 0 aromatic carbocycles. The van der Waals surface area contributed by atoms with Crippen LogP contribution in [-0.4, -0.2) is 56.9 Å². The normalized spacial score (nSPS) is 48.9. The Balaban J connectivity index is 3.21. The number of hydrogen-bond donors (Lipinski definition) is 4. The third kappa shape index (κ3) is 5.73. The Morgan fingerprint density at radius 1 is 0.852 bits per heavy atom. The van der Waals surface area contributed by atoms with Crippen molar-refractivity contribution in [3.8, 4) is 0 Å². The van der Waals surface area contributed by atoms with Gasteiger partial charge >= 0.3 is 0 Å². The molecule has 6 nitrogen and oxygen atoms in total. The number of aliphatic hydroxyl groups excluding tert-OH is 4. The average molecular weight is 389 g/mol. The second-order valence-electron chi connectivity index (χ2n) is 8.83. The maximum absolute atomic E-state index is 12.8. The summed E-state index contributed by atoms with van der Waals surface area (Å²) in [5.41, 5.74) is 0. The molecule has 0 unspecified atom stereocenters. The third-order valence-electron chi connectivity index (χ3n) is 6.66. The van der Waals surface area contributed by atoms with Gasteiger partial charge in [0.15, 0.2) is 6.29 Å². The molecule has 0 radical (unpaired) electrons. The lowest BCUT2D eigenvalue weighted by molar-refractivity contribution is -0.208. The Hall–Kier alpha value is -0.530. The first-order valence-corrected chi connectivity index (χ1v) is 10.3. The van der Waals surface area contributed by atoms with E-state index in [1.807, 2.05) is 27.7 Å². The van der Waals surface area contributed by atoms with E-state index in [0.717, 1.165) is 0 Å². The lowest BCUT2D eigenvalue weighted by Gasteiger charge is -2.38. The van der Waals surface area contributed by atoms with Crippen LogP contribution < -0.4 is 0 Å². The van der Waals surface area contributed by atoms with E-state index in [2.05, 4.69) is 0 Å². The highest BCUT2D eigenvalue weighted by Crippen LogP contribution is 2.31. The van der Waals surface area contributed by atoms with Crippen LogP contribution in [0.15, 0.2) is 0 Å². The second kappa shape index (κ2) is 10.3. The van der Waals surface area contributed by atoms with E-state index in [9.17, 15) is 25.2 Å². The van der Waals surface area contributed by atoms with Gasteiger partial charge in [0.25, 0.3) is 0 Å². The molecule has 1 rings (SSSR count). The minimum Gasteiger partial charge on any atom is -0.392 e. The first-order valence-electron chi connectivity index (χ1n) is 10.3. The van der Waals surface area contributed by atoms with Crippen molar-refractivity contribution < 1.29 is 30.0 Å². The van der Waals surface area contributed by atoms with Gasteiger partial charge in [-0.1, -0.05) is 48.5 Å². The third-order valence-corrected chi connectivity index (χ3v) is 6.66. The molecule has 1 heterocycles. The maximum Gasteiger partial charge on any atom is 0.159 e. The highest BCUT2D eigenvalue weighted by Gasteiger charge is 2.39. The van der Waals surface area contributed by atoms with Crippen molar-refractivity contribution in [2.75, 3.05) is 0 Å². The zero-order valence-electron chi connectivity index (χ0n) is 17.9. The molecule has 0 bridgehead atoms. The zero-order chi connectivity index (χ0) is 21.0. The summed E-state index contributed by atoms with van der Waals surface area (Å²) in [6.45, 7) is 12.6. The maximum atomic E-state index is 12.8. The molecule has 0 spiro atoms. The van der Waals surface area contributed by atoms with Crippen molar-refractivity contribution in [1.29, 1.82) is 0 Å². The number of carbonyl (C=O) groups is 1.